The summed E-state index contributed by atoms with van der Waals surface area (Å²) in [6, 6.07) is 14.2. The standard InChI is InChI=1S/C21H25.Li/c1-20(2,3)16-9-7-14-11-15-8-10-17(21(4,5)6)13-19(15)18(14)12-16;/h7-13H,1-6H3;. The number of hydrogen-bond donors (Lipinski definition) is 0. The zero-order chi connectivity index (χ0) is 16.3. The Morgan fingerprint density at radius 1 is 0.682 bits per heavy atom. The molecule has 1 aliphatic rings. The van der Waals surface area contributed by atoms with E-state index >= 15 is 0 Å². The zero-order valence-corrected chi connectivity index (χ0v) is 15.0. The molecule has 0 spiro atoms. The Morgan fingerprint density at radius 2 is 1.05 bits per heavy atom. The van der Waals surface area contributed by atoms with Crippen LogP contribution in [0, 0.1) is 0 Å². The van der Waals surface area contributed by atoms with Gasteiger partial charge in [-0.05, 0) is 0 Å². The van der Waals surface area contributed by atoms with E-state index in [0.717, 1.165) is 0 Å². The molecule has 0 fully saturated rings. The molecule has 1 aliphatic carbocycles. The van der Waals surface area contributed by atoms with Gasteiger partial charge < -0.3 is 0 Å². The Bertz CT molecular complexity index is 663. The maximum atomic E-state index is 2.42. The third kappa shape index (κ3) is 2.58. The second-order valence-electron chi connectivity index (χ2n) is 8.83. The predicted octanol–water partition coefficient (Wildman–Crippen LogP) is 5.52. The van der Waals surface area contributed by atoms with Gasteiger partial charge in [-0.1, -0.05) is 0 Å². The Kier molecular flexibility index (Phi) is 3.63. The fourth-order valence-electron chi connectivity index (χ4n) is 3.43. The molecule has 2 aromatic rings. The summed E-state index contributed by atoms with van der Waals surface area (Å²) in [4.78, 5) is 0. The number of hydrogen-bond acceptors (Lipinski definition) is 0. The van der Waals surface area contributed by atoms with Crippen molar-refractivity contribution in [3.63, 3.8) is 0 Å². The minimum atomic E-state index is 0.197. The summed E-state index contributed by atoms with van der Waals surface area (Å²) in [5.74, 6) is 0. The fraction of sp³-hybridized carbons (Fsp3) is 0.429. The first-order valence-electron chi connectivity index (χ1n) is 8.38. The van der Waals surface area contributed by atoms with Gasteiger partial charge in [0.15, 0.2) is 0 Å². The summed E-state index contributed by atoms with van der Waals surface area (Å²) in [5.41, 5.74) is 9.09. The van der Waals surface area contributed by atoms with Crippen molar-refractivity contribution in [1.29, 1.82) is 0 Å². The average molecular weight is 284 g/mol. The summed E-state index contributed by atoms with van der Waals surface area (Å²) >= 11 is 2.33. The molecule has 0 N–H and O–H groups in total. The van der Waals surface area contributed by atoms with E-state index in [4.69, 9.17) is 0 Å². The molecule has 2 aromatic carbocycles. The summed E-state index contributed by atoms with van der Waals surface area (Å²) in [7, 11) is 0. The van der Waals surface area contributed by atoms with Gasteiger partial charge in [-0.3, -0.25) is 0 Å². The Hall–Kier alpha value is -0.963. The molecule has 0 atom stereocenters. The third-order valence-corrected chi connectivity index (χ3v) is 5.06. The first-order valence-corrected chi connectivity index (χ1v) is 8.38. The van der Waals surface area contributed by atoms with E-state index in [9.17, 15) is 0 Å². The van der Waals surface area contributed by atoms with Crippen LogP contribution in [0.5, 0.6) is 0 Å². The van der Waals surface area contributed by atoms with E-state index in [1.165, 1.54) is 33.4 Å². The van der Waals surface area contributed by atoms with E-state index in [-0.39, 0.29) is 10.8 Å². The average Bonchev–Trinajstić information content (AvgIpc) is 2.70. The second kappa shape index (κ2) is 5.02. The summed E-state index contributed by atoms with van der Waals surface area (Å²) in [5, 5.41) is 0. The van der Waals surface area contributed by atoms with Crippen molar-refractivity contribution in [2.24, 2.45) is 0 Å². The van der Waals surface area contributed by atoms with Crippen LogP contribution >= 0.6 is 0 Å². The topological polar surface area (TPSA) is 0 Å². The van der Waals surface area contributed by atoms with Gasteiger partial charge in [0.2, 0.25) is 0 Å². The van der Waals surface area contributed by atoms with E-state index in [2.05, 4.69) is 95.7 Å². The van der Waals surface area contributed by atoms with E-state index in [1.807, 2.05) is 0 Å². The molecule has 110 valence electrons. The molecule has 0 amide bonds. The zero-order valence-electron chi connectivity index (χ0n) is 15.0. The molecular weight excluding hydrogens is 259 g/mol. The molecule has 0 radical (unpaired) electrons. The summed E-state index contributed by atoms with van der Waals surface area (Å²) in [6.45, 7) is 13.7. The third-order valence-electron chi connectivity index (χ3n) is 5.06. The molecule has 0 aromatic heterocycles. The van der Waals surface area contributed by atoms with Crippen LogP contribution < -0.4 is 0 Å². The molecule has 0 nitrogen and oxygen atoms in total. The van der Waals surface area contributed by atoms with Gasteiger partial charge in [-0.2, -0.15) is 0 Å². The van der Waals surface area contributed by atoms with Crippen LogP contribution in [0.2, 0.25) is 0 Å². The number of benzene rings is 2. The van der Waals surface area contributed by atoms with Crippen molar-refractivity contribution in [2.45, 2.75) is 57.0 Å². The van der Waals surface area contributed by atoms with Gasteiger partial charge in [-0.25, -0.2) is 0 Å². The molecule has 3 rings (SSSR count). The summed E-state index contributed by atoms with van der Waals surface area (Å²) < 4.78 is 0.507. The minimum absolute atomic E-state index is 0.197. The molecule has 0 saturated heterocycles. The van der Waals surface area contributed by atoms with Crippen molar-refractivity contribution in [3.8, 4) is 11.1 Å². The van der Waals surface area contributed by atoms with Crippen LogP contribution in [0.4, 0.5) is 0 Å². The number of fused-ring (bicyclic) bond motifs is 3. The molecule has 0 saturated carbocycles. The molecule has 0 unspecified atom stereocenters. The van der Waals surface area contributed by atoms with E-state index in [0.29, 0.717) is 4.59 Å². The maximum absolute atomic E-state index is 2.42. The monoisotopic (exact) mass is 284 g/mol. The number of rotatable bonds is 0. The molecule has 0 aliphatic heterocycles. The van der Waals surface area contributed by atoms with Crippen LogP contribution in [0.3, 0.4) is 0 Å². The van der Waals surface area contributed by atoms with Crippen molar-refractivity contribution in [3.05, 3.63) is 58.7 Å². The van der Waals surface area contributed by atoms with Crippen LogP contribution in [0.25, 0.3) is 11.1 Å². The Morgan fingerprint density at radius 3 is 1.36 bits per heavy atom. The van der Waals surface area contributed by atoms with Crippen molar-refractivity contribution in [1.82, 2.24) is 0 Å². The SMILES string of the molecule is [Li][CH]1c2ccc(C(C)(C)C)cc2-c2cc(C(C)(C)C)ccc21. The van der Waals surface area contributed by atoms with Gasteiger partial charge in [0.1, 0.15) is 0 Å². The van der Waals surface area contributed by atoms with Crippen molar-refractivity contribution in [2.75, 3.05) is 0 Å². The molecule has 0 heterocycles. The molecule has 0 bridgehead atoms. The van der Waals surface area contributed by atoms with Crippen molar-refractivity contribution >= 4 is 17.7 Å². The normalized spacial score (nSPS) is 14.9. The Balaban J connectivity index is 2.21. The van der Waals surface area contributed by atoms with Crippen LogP contribution in [0.1, 0.15) is 68.4 Å². The van der Waals surface area contributed by atoms with E-state index < -0.39 is 0 Å². The predicted molar refractivity (Wildman–Crippen MR) is 96.9 cm³/mol. The van der Waals surface area contributed by atoms with Crippen LogP contribution in [-0.4, -0.2) is 17.7 Å². The van der Waals surface area contributed by atoms with Gasteiger partial charge in [0, 0.05) is 0 Å². The van der Waals surface area contributed by atoms with Gasteiger partial charge in [-0.15, -0.1) is 0 Å². The first-order chi connectivity index (χ1) is 10.1. The molecule has 22 heavy (non-hydrogen) atoms. The molecular formula is C21H25Li. The summed E-state index contributed by atoms with van der Waals surface area (Å²) in [6.07, 6.45) is 0. The van der Waals surface area contributed by atoms with Crippen LogP contribution in [0.15, 0.2) is 36.4 Å². The quantitative estimate of drug-likeness (QED) is 0.559. The Labute approximate surface area is 144 Å². The van der Waals surface area contributed by atoms with Crippen LogP contribution in [-0.2, 0) is 10.8 Å². The van der Waals surface area contributed by atoms with E-state index in [1.54, 1.807) is 0 Å². The van der Waals surface area contributed by atoms with Gasteiger partial charge >= 0.3 is 144 Å². The second-order valence-corrected chi connectivity index (χ2v) is 8.83. The first kappa shape index (κ1) is 15.9. The fourth-order valence-corrected chi connectivity index (χ4v) is 3.43. The van der Waals surface area contributed by atoms with Crippen molar-refractivity contribution < 1.29 is 0 Å². The van der Waals surface area contributed by atoms with Gasteiger partial charge in [0.05, 0.1) is 0 Å². The molecule has 1 heteroatoms. The van der Waals surface area contributed by atoms with Gasteiger partial charge in [0.25, 0.3) is 0 Å².